The number of carbonyl (C=O) groups excluding carboxylic acids is 8. The van der Waals surface area contributed by atoms with Crippen molar-refractivity contribution in [1.82, 2.24) is 46.8 Å². The number of aliphatic imine (C=N–C) groups is 2. The van der Waals surface area contributed by atoms with Gasteiger partial charge in [0.05, 0.1) is 31.1 Å². The van der Waals surface area contributed by atoms with E-state index >= 15 is 0 Å². The minimum atomic E-state index is -1.73. The first-order chi connectivity index (χ1) is 35.2. The molecular formula is C44H76N18O12. The molecule has 0 bridgehead atoms. The molecular weight excluding hydrogens is 973 g/mol. The van der Waals surface area contributed by atoms with Gasteiger partial charge in [-0.05, 0) is 90.8 Å². The second kappa shape index (κ2) is 33.7. The van der Waals surface area contributed by atoms with Gasteiger partial charge in [0.2, 0.25) is 35.4 Å². The van der Waals surface area contributed by atoms with Crippen molar-refractivity contribution in [3.05, 3.63) is 30.0 Å². The molecule has 74 heavy (non-hydrogen) atoms. The van der Waals surface area contributed by atoms with Crippen molar-refractivity contribution in [2.24, 2.45) is 50.1 Å². The van der Waals surface area contributed by atoms with Gasteiger partial charge in [-0.2, -0.15) is 0 Å². The van der Waals surface area contributed by atoms with Crippen LogP contribution in [-0.2, 0) is 49.6 Å². The number of imidazole rings is 1. The third-order valence-corrected chi connectivity index (χ3v) is 11.4. The fourth-order valence-electron chi connectivity index (χ4n) is 7.35. The van der Waals surface area contributed by atoms with Crippen molar-refractivity contribution in [1.29, 1.82) is 0 Å². The smallest absolute Gasteiger partial charge is 0.352 e. The first kappa shape index (κ1) is 63.2. The van der Waals surface area contributed by atoms with Crippen molar-refractivity contribution in [3.8, 4) is 0 Å². The van der Waals surface area contributed by atoms with Crippen LogP contribution in [0, 0.1) is 0 Å². The van der Waals surface area contributed by atoms with Gasteiger partial charge in [0, 0.05) is 37.9 Å². The molecule has 0 spiro atoms. The van der Waals surface area contributed by atoms with Gasteiger partial charge < -0.3 is 97.2 Å². The standard InChI is InChI=1S/C44H76N18O12/c1-24(63)34(60-41(71)35(32(64)20-48)61-36(66)26(49)9-2-4-14-45)40(70)54-22-33(65)56-28(11-6-16-47)42(72)62-18-8-13-31(62)39(69)59-30(19-25-21-52-23-55-25)38(68)57-27(10-3-5-15-46)37(67)58-29(43(73)74)12-7-17-53-44(50)51/h12,21,23-24,26-27,30-32,34-35,63-64H,2-11,13-20,22,45-49H2,1H3,(H,52,55)(H,54,70)(H,57,68)(H,58,67)(H,59,69)(H,60,71)(H,61,66)(H,73,74)(H4,50,51,53)/b29-12-,56-28?/t24-,26-,27-,30-,31-,32-,34-,35-/m0/s1. The van der Waals surface area contributed by atoms with Crippen molar-refractivity contribution in [3.63, 3.8) is 0 Å². The third-order valence-electron chi connectivity index (χ3n) is 11.4. The van der Waals surface area contributed by atoms with Crippen LogP contribution in [-0.4, -0.2) is 189 Å². The number of nitrogens with two attached hydrogens (primary N) is 7. The number of nitrogens with one attached hydrogen (secondary N) is 7. The molecule has 0 aromatic carbocycles. The van der Waals surface area contributed by atoms with Crippen LogP contribution in [0.4, 0.5) is 0 Å². The number of likely N-dealkylation sites (tertiary alicyclic amines) is 1. The van der Waals surface area contributed by atoms with Crippen LogP contribution in [0.3, 0.4) is 0 Å². The quantitative estimate of drug-likeness (QED) is 0.0132. The van der Waals surface area contributed by atoms with Crippen LogP contribution in [0.5, 0.6) is 0 Å². The number of amides is 8. The Morgan fingerprint density at radius 3 is 2.09 bits per heavy atom. The maximum Gasteiger partial charge on any atom is 0.352 e. The summed E-state index contributed by atoms with van der Waals surface area (Å²) in [6.07, 6.45) is 3.28. The van der Waals surface area contributed by atoms with Crippen LogP contribution in [0.1, 0.15) is 83.2 Å². The fourth-order valence-corrected chi connectivity index (χ4v) is 7.35. The molecule has 0 radical (unpaired) electrons. The molecule has 1 aromatic heterocycles. The molecule has 8 atom stereocenters. The molecule has 0 saturated carbocycles. The number of carboxylic acid groups (broad SMARTS) is 1. The monoisotopic (exact) mass is 1050 g/mol. The summed E-state index contributed by atoms with van der Waals surface area (Å²) in [5.74, 6) is -9.00. The summed E-state index contributed by atoms with van der Waals surface area (Å²) in [6.45, 7) is 0.598. The minimum absolute atomic E-state index is 0.0320. The summed E-state index contributed by atoms with van der Waals surface area (Å²) in [5, 5.41) is 45.1. The SMILES string of the molecule is C[C@H](O)[C@H](NC(=O)[C@@H](NC(=O)[C@@H](N)CCCCN)[C@@H](O)CN)C(=O)NCC(=O)N=C(CCCN)C(=O)N1CCC[C@H]1C(=O)N[C@@H](Cc1cnc[nH]1)C(=O)N[C@@H](CCCCN)C(=O)N/C(=C\CCN=C(N)N)C(=O)O. The number of carboxylic acids is 1. The summed E-state index contributed by atoms with van der Waals surface area (Å²) in [7, 11) is 0. The van der Waals surface area contributed by atoms with Crippen molar-refractivity contribution < 1.29 is 58.5 Å². The van der Waals surface area contributed by atoms with E-state index in [1.54, 1.807) is 0 Å². The lowest BCUT2D eigenvalue weighted by Crippen LogP contribution is -2.62. The summed E-state index contributed by atoms with van der Waals surface area (Å²) >= 11 is 0. The lowest BCUT2D eigenvalue weighted by atomic mass is 10.1. The molecule has 0 unspecified atom stereocenters. The summed E-state index contributed by atoms with van der Waals surface area (Å²) in [6, 6.07) is -8.36. The number of aliphatic carboxylic acids is 1. The lowest BCUT2D eigenvalue weighted by Gasteiger charge is -2.28. The predicted molar refractivity (Wildman–Crippen MR) is 268 cm³/mol. The number of aromatic amines is 1. The number of aliphatic hydroxyl groups excluding tert-OH is 2. The zero-order valence-corrected chi connectivity index (χ0v) is 41.6. The molecule has 1 aliphatic heterocycles. The molecule has 24 N–H and O–H groups in total. The van der Waals surface area contributed by atoms with Crippen molar-refractivity contribution in [2.75, 3.05) is 45.8 Å². The summed E-state index contributed by atoms with van der Waals surface area (Å²) in [4.78, 5) is 136. The Morgan fingerprint density at radius 1 is 0.838 bits per heavy atom. The fraction of sp³-hybridized carbons (Fsp3) is 0.636. The first-order valence-corrected chi connectivity index (χ1v) is 24.3. The van der Waals surface area contributed by atoms with Gasteiger partial charge in [0.15, 0.2) is 5.96 Å². The number of aromatic nitrogens is 2. The van der Waals surface area contributed by atoms with Gasteiger partial charge in [-0.1, -0.05) is 12.5 Å². The summed E-state index contributed by atoms with van der Waals surface area (Å²) in [5.41, 5.74) is 38.6. The Morgan fingerprint density at radius 2 is 1.50 bits per heavy atom. The van der Waals surface area contributed by atoms with Gasteiger partial charge in [0.25, 0.3) is 11.8 Å². The molecule has 1 saturated heterocycles. The predicted octanol–water partition coefficient (Wildman–Crippen LogP) is -7.26. The molecule has 0 aliphatic carbocycles. The van der Waals surface area contributed by atoms with Gasteiger partial charge >= 0.3 is 5.97 Å². The van der Waals surface area contributed by atoms with Gasteiger partial charge in [-0.3, -0.25) is 43.3 Å². The van der Waals surface area contributed by atoms with Crippen LogP contribution in [0.2, 0.25) is 0 Å². The maximum atomic E-state index is 14.1. The molecule has 1 aliphatic rings. The molecule has 30 nitrogen and oxygen atoms in total. The Balaban J connectivity index is 2.30. The molecule has 30 heteroatoms. The number of carbonyl (C=O) groups is 9. The number of hydrogen-bond donors (Lipinski definition) is 17. The highest BCUT2D eigenvalue weighted by Gasteiger charge is 2.39. The second-order valence-corrected chi connectivity index (χ2v) is 17.3. The number of guanidine groups is 1. The molecule has 414 valence electrons. The van der Waals surface area contributed by atoms with Gasteiger partial charge in [-0.25, -0.2) is 14.8 Å². The average molecular weight is 1050 g/mol. The highest BCUT2D eigenvalue weighted by atomic mass is 16.4. The number of unbranched alkanes of at least 4 members (excludes halogenated alkanes) is 2. The molecule has 1 fully saturated rings. The topological polar surface area (TPSA) is 525 Å². The van der Waals surface area contributed by atoms with E-state index in [1.807, 2.05) is 0 Å². The summed E-state index contributed by atoms with van der Waals surface area (Å²) < 4.78 is 0. The number of hydrogen-bond acceptors (Lipinski definition) is 18. The van der Waals surface area contributed by atoms with E-state index in [2.05, 4.69) is 51.9 Å². The average Bonchev–Trinajstić information content (AvgIpc) is 4.08. The van der Waals surface area contributed by atoms with E-state index in [-0.39, 0.29) is 82.8 Å². The van der Waals surface area contributed by atoms with Crippen molar-refractivity contribution in [2.45, 2.75) is 132 Å². The van der Waals surface area contributed by atoms with Crippen LogP contribution in [0.15, 0.2) is 34.3 Å². The Bertz CT molecular complexity index is 2120. The number of aliphatic hydroxyl groups is 2. The molecule has 8 amide bonds. The number of H-pyrrole nitrogens is 1. The van der Waals surface area contributed by atoms with Crippen LogP contribution < -0.4 is 72.0 Å². The zero-order valence-electron chi connectivity index (χ0n) is 41.6. The molecule has 2 rings (SSSR count). The van der Waals surface area contributed by atoms with Gasteiger partial charge in [-0.15, -0.1) is 0 Å². The Labute approximate surface area is 427 Å². The lowest BCUT2D eigenvalue weighted by molar-refractivity contribution is -0.137. The van der Waals surface area contributed by atoms with Gasteiger partial charge in [0.1, 0.15) is 41.6 Å². The third kappa shape index (κ3) is 22.0. The normalized spacial score (nSPS) is 16.5. The van der Waals surface area contributed by atoms with Crippen LogP contribution in [0.25, 0.3) is 0 Å². The van der Waals surface area contributed by atoms with E-state index in [0.717, 1.165) is 6.92 Å². The van der Waals surface area contributed by atoms with E-state index in [0.29, 0.717) is 44.3 Å². The largest absolute Gasteiger partial charge is 0.477 e. The first-order valence-electron chi connectivity index (χ1n) is 24.3. The Kier molecular flexibility index (Phi) is 28.8. The molecule has 2 heterocycles. The minimum Gasteiger partial charge on any atom is -0.477 e. The van der Waals surface area contributed by atoms with E-state index in [4.69, 9.17) is 40.1 Å². The molecule has 1 aromatic rings. The van der Waals surface area contributed by atoms with E-state index in [9.17, 15) is 58.5 Å². The second-order valence-electron chi connectivity index (χ2n) is 17.3. The Hall–Kier alpha value is -6.96. The highest BCUT2D eigenvalue weighted by Crippen LogP contribution is 2.20. The highest BCUT2D eigenvalue weighted by molar-refractivity contribution is 6.40. The zero-order chi connectivity index (χ0) is 55.3. The van der Waals surface area contributed by atoms with Crippen molar-refractivity contribution >= 4 is 64.9 Å². The van der Waals surface area contributed by atoms with Crippen LogP contribution >= 0.6 is 0 Å². The maximum absolute atomic E-state index is 14.1. The number of nitrogens with zero attached hydrogens (tertiary/aromatic N) is 4. The number of rotatable bonds is 34. The van der Waals surface area contributed by atoms with E-state index in [1.165, 1.54) is 23.5 Å². The van der Waals surface area contributed by atoms with E-state index < -0.39 is 120 Å².